The number of rotatable bonds is 3. The molecule has 1 aromatic rings. The van der Waals surface area contributed by atoms with Crippen LogP contribution in [0.4, 0.5) is 26.3 Å². The largest absolute Gasteiger partial charge is 4.00 e. The van der Waals surface area contributed by atoms with Gasteiger partial charge in [-0.1, -0.05) is 70.4 Å². The summed E-state index contributed by atoms with van der Waals surface area (Å²) in [6, 6.07) is 2.79. The number of hydrogen-bond donors (Lipinski definition) is 0. The third-order valence-corrected chi connectivity index (χ3v) is 9.31. The third-order valence-electron chi connectivity index (χ3n) is 9.31. The van der Waals surface area contributed by atoms with Crippen molar-refractivity contribution >= 4 is 0 Å². The van der Waals surface area contributed by atoms with Gasteiger partial charge in [0, 0.05) is 0 Å². The van der Waals surface area contributed by atoms with Gasteiger partial charge in [0.05, 0.1) is 0 Å². The zero-order valence-electron chi connectivity index (χ0n) is 24.4. The summed E-state index contributed by atoms with van der Waals surface area (Å²) in [7, 11) is 0. The molecule has 0 aliphatic heterocycles. The smallest absolute Gasteiger partial charge is 0.673 e. The second kappa shape index (κ2) is 15.4. The molecule has 8 heteroatoms. The number of hydrogen-bond acceptors (Lipinski definition) is 0. The van der Waals surface area contributed by atoms with Gasteiger partial charge in [-0.15, -0.1) is 11.6 Å². The summed E-state index contributed by atoms with van der Waals surface area (Å²) in [5.74, 6) is 6.91. The van der Waals surface area contributed by atoms with Gasteiger partial charge in [0.2, 0.25) is 0 Å². The molecule has 1 N–H and O–H groups in total. The Kier molecular flexibility index (Phi) is 13.8. The van der Waals surface area contributed by atoms with Gasteiger partial charge >= 0.3 is 38.6 Å². The molecule has 6 unspecified atom stereocenters. The summed E-state index contributed by atoms with van der Waals surface area (Å²) in [6.45, 7) is 5.56. The van der Waals surface area contributed by atoms with E-state index in [0.717, 1.165) is 35.5 Å². The predicted octanol–water partition coefficient (Wildman–Crippen LogP) is 11.6. The number of alkyl halides is 6. The van der Waals surface area contributed by atoms with E-state index >= 15 is 0 Å². The summed E-state index contributed by atoms with van der Waals surface area (Å²) < 4.78 is 71.8. The minimum absolute atomic E-state index is 0. The van der Waals surface area contributed by atoms with Crippen molar-refractivity contribution in [1.82, 2.24) is 0 Å². The molecule has 6 atom stereocenters. The second-order valence-corrected chi connectivity index (χ2v) is 13.4. The number of fused-ring (bicyclic) bond motifs is 2. The van der Waals surface area contributed by atoms with Gasteiger partial charge in [-0.05, 0) is 86.9 Å². The van der Waals surface area contributed by atoms with E-state index in [1.165, 1.54) is 0 Å². The number of halogens is 6. The van der Waals surface area contributed by atoms with Crippen molar-refractivity contribution in [3.63, 3.8) is 0 Å². The van der Waals surface area contributed by atoms with Gasteiger partial charge < -0.3 is 5.73 Å². The summed E-state index contributed by atoms with van der Waals surface area (Å²) in [5.41, 5.74) is 3.98. The van der Waals surface area contributed by atoms with Crippen LogP contribution in [-0.4, -0.2) is 5.54 Å². The zero-order valence-corrected chi connectivity index (χ0v) is 26.8. The number of benzene rings is 1. The fourth-order valence-electron chi connectivity index (χ4n) is 7.66. The minimum Gasteiger partial charge on any atom is -0.673 e. The van der Waals surface area contributed by atoms with E-state index in [1.54, 1.807) is 96.0 Å². The molecule has 4 aliphatic rings. The Morgan fingerprint density at radius 2 is 1.00 bits per heavy atom. The first-order chi connectivity index (χ1) is 18.1. The van der Waals surface area contributed by atoms with Crippen molar-refractivity contribution in [3.8, 4) is 0 Å². The Morgan fingerprint density at radius 3 is 1.35 bits per heavy atom. The first-order valence-electron chi connectivity index (χ1n) is 15.0. The molecule has 40 heavy (non-hydrogen) atoms. The van der Waals surface area contributed by atoms with Gasteiger partial charge in [-0.3, -0.25) is 0 Å². The first-order valence-corrected chi connectivity index (χ1v) is 15.0. The maximum atomic E-state index is 12.0. The average molecular weight is 651 g/mol. The summed E-state index contributed by atoms with van der Waals surface area (Å²) in [5, 5.41) is 0. The van der Waals surface area contributed by atoms with Crippen molar-refractivity contribution < 1.29 is 52.5 Å². The third kappa shape index (κ3) is 11.4. The minimum atomic E-state index is -4.78. The van der Waals surface area contributed by atoms with Crippen LogP contribution < -0.4 is 0 Å². The Bertz CT molecular complexity index is 810. The fraction of sp³-hybridized carbons (Fsp3) is 0.812. The number of nitrogens with one attached hydrogen (secondary N) is 1. The average Bonchev–Trinajstić information content (AvgIpc) is 3.45. The van der Waals surface area contributed by atoms with Gasteiger partial charge in [-0.25, -0.2) is 0 Å². The fourth-order valence-corrected chi connectivity index (χ4v) is 7.66. The molecule has 4 saturated carbocycles. The normalized spacial score (nSPS) is 30.1. The Morgan fingerprint density at radius 1 is 0.650 bits per heavy atom. The second-order valence-electron chi connectivity index (χ2n) is 13.4. The molecule has 224 valence electrons. The molecule has 5 rings (SSSR count). The molecular formula is C32H47F6NZr+2. The zero-order chi connectivity index (χ0) is 28.8. The molecule has 4 fully saturated rings. The van der Waals surface area contributed by atoms with Crippen molar-refractivity contribution in [3.05, 3.63) is 41.1 Å². The quantitative estimate of drug-likeness (QED) is 0.230. The van der Waals surface area contributed by atoms with Gasteiger partial charge in [0.1, 0.15) is 0 Å². The Labute approximate surface area is 256 Å². The summed E-state index contributed by atoms with van der Waals surface area (Å²) in [4.78, 5) is 0. The van der Waals surface area contributed by atoms with E-state index in [1.807, 2.05) is 20.8 Å². The van der Waals surface area contributed by atoms with Crippen molar-refractivity contribution in [2.45, 2.75) is 129 Å². The van der Waals surface area contributed by atoms with Crippen molar-refractivity contribution in [2.75, 3.05) is 0 Å². The molecule has 0 amide bonds. The van der Waals surface area contributed by atoms with E-state index in [0.29, 0.717) is 12.1 Å². The van der Waals surface area contributed by atoms with Crippen LogP contribution in [0.15, 0.2) is 18.2 Å². The van der Waals surface area contributed by atoms with Crippen LogP contribution in [-0.2, 0) is 38.6 Å². The molecule has 0 spiro atoms. The van der Waals surface area contributed by atoms with Crippen LogP contribution >= 0.6 is 0 Å². The van der Waals surface area contributed by atoms with Crippen LogP contribution in [0, 0.1) is 41.6 Å². The standard InChI is InChI=1S/C20H34.C8H3F6.C4H10N.Zr/c1-3-7-19-15(5-1)9-11-17(19)13-14-18-12-10-16-6-2-4-8-20(16)18;9-7(10,11)5-2-1-3-6(4-5)8(12,13)14;1-4(2,3)5;/h15-20H,1-14H2;2-4H;5H,1-3H3;/q;2*-1;+4. The summed E-state index contributed by atoms with van der Waals surface area (Å²) in [6.07, 6.45) is 12.5. The van der Waals surface area contributed by atoms with Crippen LogP contribution in [0.3, 0.4) is 0 Å². The molecule has 4 aliphatic carbocycles. The SMILES string of the molecule is C1CCC2C(C1)CCC2CCC1CCC2CCCCC21.CC(C)(C)[NH-].FC(F)(F)c1c[c-]cc(C(F)(F)F)c1.[Zr+4]. The maximum absolute atomic E-state index is 12.0. The Balaban J connectivity index is 0.000000246. The van der Waals surface area contributed by atoms with E-state index in [9.17, 15) is 26.3 Å². The van der Waals surface area contributed by atoms with E-state index in [-0.39, 0.29) is 37.8 Å². The monoisotopic (exact) mass is 649 g/mol. The van der Waals surface area contributed by atoms with Crippen LogP contribution in [0.2, 0.25) is 0 Å². The van der Waals surface area contributed by atoms with Crippen molar-refractivity contribution in [2.24, 2.45) is 35.5 Å². The molecular weight excluding hydrogens is 604 g/mol. The van der Waals surface area contributed by atoms with Crippen LogP contribution in [0.5, 0.6) is 0 Å². The predicted molar refractivity (Wildman–Crippen MR) is 145 cm³/mol. The first kappa shape index (κ1) is 35.8. The molecule has 0 bridgehead atoms. The molecule has 0 aromatic heterocycles. The summed E-state index contributed by atoms with van der Waals surface area (Å²) >= 11 is 0. The molecule has 1 aromatic carbocycles. The maximum Gasteiger partial charge on any atom is 4.00 e. The molecule has 0 radical (unpaired) electrons. The molecule has 1 nitrogen and oxygen atoms in total. The van der Waals surface area contributed by atoms with Crippen LogP contribution in [0.1, 0.15) is 122 Å². The van der Waals surface area contributed by atoms with Gasteiger partial charge in [0.15, 0.2) is 0 Å². The van der Waals surface area contributed by atoms with Gasteiger partial charge in [0.25, 0.3) is 0 Å². The Hall–Kier alpha value is -0.357. The van der Waals surface area contributed by atoms with E-state index in [4.69, 9.17) is 5.73 Å². The van der Waals surface area contributed by atoms with E-state index in [2.05, 4.69) is 0 Å². The van der Waals surface area contributed by atoms with Gasteiger partial charge in [-0.2, -0.15) is 44.5 Å². The van der Waals surface area contributed by atoms with E-state index < -0.39 is 23.5 Å². The topological polar surface area (TPSA) is 23.8 Å². The molecule has 0 heterocycles. The van der Waals surface area contributed by atoms with Crippen LogP contribution in [0.25, 0.3) is 5.73 Å². The molecule has 0 saturated heterocycles. The van der Waals surface area contributed by atoms with Crippen molar-refractivity contribution in [1.29, 1.82) is 0 Å².